The quantitative estimate of drug-likeness (QED) is 0.656. The molecule has 0 radical (unpaired) electrons. The second-order valence-corrected chi connectivity index (χ2v) is 5.39. The van der Waals surface area contributed by atoms with Gasteiger partial charge in [0.1, 0.15) is 5.82 Å². The maximum absolute atomic E-state index is 13.7. The number of rotatable bonds is 3. The highest BCUT2D eigenvalue weighted by atomic mass is 35.5. The Labute approximate surface area is 140 Å². The topological polar surface area (TPSA) is 58.6 Å². The Bertz CT molecular complexity index is 894. The van der Waals surface area contributed by atoms with Crippen LogP contribution in [0.2, 0.25) is 10.0 Å². The molecule has 7 heteroatoms. The average molecular weight is 351 g/mol. The summed E-state index contributed by atoms with van der Waals surface area (Å²) < 4.78 is 18.8. The molecule has 0 saturated heterocycles. The fourth-order valence-corrected chi connectivity index (χ4v) is 2.33. The van der Waals surface area contributed by atoms with Crippen LogP contribution in [-0.4, -0.2) is 16.3 Å². The minimum Gasteiger partial charge on any atom is -0.479 e. The first-order chi connectivity index (χ1) is 11.0. The van der Waals surface area contributed by atoms with Gasteiger partial charge in [-0.15, -0.1) is 0 Å². The van der Waals surface area contributed by atoms with E-state index in [1.54, 1.807) is 30.3 Å². The van der Waals surface area contributed by atoms with E-state index < -0.39 is 11.8 Å². The number of benzene rings is 2. The number of aromatic nitrogens is 1. The Hall–Kier alpha value is -2.37. The molecule has 23 heavy (non-hydrogen) atoms. The van der Waals surface area contributed by atoms with Crippen LogP contribution in [0.5, 0.6) is 5.95 Å². The highest BCUT2D eigenvalue weighted by molar-refractivity contribution is 6.36. The summed E-state index contributed by atoms with van der Waals surface area (Å²) in [4.78, 5) is 8.14. The van der Waals surface area contributed by atoms with Crippen molar-refractivity contribution in [2.75, 3.05) is 0 Å². The zero-order valence-corrected chi connectivity index (χ0v) is 13.0. The van der Waals surface area contributed by atoms with Gasteiger partial charge >= 0.3 is 5.95 Å². The highest BCUT2D eigenvalue weighted by Gasteiger charge is 2.15. The smallest absolute Gasteiger partial charge is 0.312 e. The second kappa shape index (κ2) is 6.40. The van der Waals surface area contributed by atoms with Crippen LogP contribution in [0, 0.1) is 5.82 Å². The molecule has 0 amide bonds. The Morgan fingerprint density at radius 2 is 1.96 bits per heavy atom. The van der Waals surface area contributed by atoms with E-state index in [2.05, 4.69) is 9.98 Å². The van der Waals surface area contributed by atoms with Crippen molar-refractivity contribution < 1.29 is 13.9 Å². The molecule has 3 aromatic rings. The molecule has 116 valence electrons. The van der Waals surface area contributed by atoms with Gasteiger partial charge in [0.15, 0.2) is 5.69 Å². The van der Waals surface area contributed by atoms with E-state index in [1.807, 2.05) is 0 Å². The monoisotopic (exact) mass is 350 g/mol. The Morgan fingerprint density at radius 1 is 1.17 bits per heavy atom. The predicted octanol–water partition coefficient (Wildman–Crippen LogP) is 5.24. The molecule has 0 aliphatic carbocycles. The number of hydrogen-bond donors (Lipinski definition) is 1. The summed E-state index contributed by atoms with van der Waals surface area (Å²) >= 11 is 11.8. The van der Waals surface area contributed by atoms with Crippen LogP contribution in [0.25, 0.3) is 11.5 Å². The second-order valence-electron chi connectivity index (χ2n) is 4.54. The molecule has 0 spiro atoms. The molecule has 0 atom stereocenters. The van der Waals surface area contributed by atoms with Crippen LogP contribution in [-0.2, 0) is 0 Å². The predicted molar refractivity (Wildman–Crippen MR) is 87.3 cm³/mol. The normalized spacial score (nSPS) is 11.3. The fraction of sp³-hybridized carbons (Fsp3) is 0. The number of nitrogens with zero attached hydrogens (tertiary/aromatic N) is 2. The summed E-state index contributed by atoms with van der Waals surface area (Å²) in [5.41, 5.74) is 0.659. The van der Waals surface area contributed by atoms with Crippen molar-refractivity contribution >= 4 is 35.1 Å². The van der Waals surface area contributed by atoms with Crippen LogP contribution in [0.1, 0.15) is 5.69 Å². The molecule has 0 aliphatic rings. The van der Waals surface area contributed by atoms with Crippen molar-refractivity contribution in [3.8, 4) is 17.4 Å². The minimum absolute atomic E-state index is 0.0377. The van der Waals surface area contributed by atoms with Crippen molar-refractivity contribution in [1.29, 1.82) is 0 Å². The third kappa shape index (κ3) is 3.36. The molecule has 0 aliphatic heterocycles. The molecular formula is C16H9Cl2FN2O2. The van der Waals surface area contributed by atoms with E-state index in [4.69, 9.17) is 27.6 Å². The summed E-state index contributed by atoms with van der Waals surface area (Å²) in [7, 11) is 0. The van der Waals surface area contributed by atoms with Crippen molar-refractivity contribution in [2.45, 2.75) is 0 Å². The minimum atomic E-state index is -0.502. The molecule has 1 aromatic heterocycles. The summed E-state index contributed by atoms with van der Waals surface area (Å²) in [5.74, 6) is -1.00. The maximum atomic E-state index is 13.7. The van der Waals surface area contributed by atoms with Crippen molar-refractivity contribution in [3.05, 3.63) is 64.0 Å². The van der Waals surface area contributed by atoms with Crippen molar-refractivity contribution in [1.82, 2.24) is 4.98 Å². The molecule has 1 heterocycles. The van der Waals surface area contributed by atoms with Crippen molar-refractivity contribution in [3.63, 3.8) is 0 Å². The molecule has 1 N–H and O–H groups in total. The van der Waals surface area contributed by atoms with Crippen LogP contribution in [0.15, 0.2) is 51.9 Å². The summed E-state index contributed by atoms with van der Waals surface area (Å²) in [6, 6.07) is 10.8. The molecule has 3 rings (SSSR count). The number of aliphatic imine (C=N–C) groups is 1. The van der Waals surface area contributed by atoms with Gasteiger partial charge in [-0.1, -0.05) is 35.3 Å². The van der Waals surface area contributed by atoms with Gasteiger partial charge in [0.05, 0.1) is 22.5 Å². The molecule has 0 bridgehead atoms. The SMILES string of the molecule is Oc1oc(-c2ccccc2F)nc1C=Nc1ccc(Cl)cc1Cl. The first-order valence-corrected chi connectivity index (χ1v) is 7.24. The van der Waals surface area contributed by atoms with Gasteiger partial charge in [-0.05, 0) is 30.3 Å². The van der Waals surface area contributed by atoms with E-state index >= 15 is 0 Å². The molecule has 0 fully saturated rings. The van der Waals surface area contributed by atoms with E-state index in [9.17, 15) is 9.50 Å². The summed E-state index contributed by atoms with van der Waals surface area (Å²) in [6.07, 6.45) is 1.28. The zero-order valence-electron chi connectivity index (χ0n) is 11.5. The largest absolute Gasteiger partial charge is 0.479 e. The number of halogens is 3. The van der Waals surface area contributed by atoms with Gasteiger partial charge in [0.25, 0.3) is 0 Å². The lowest BCUT2D eigenvalue weighted by Crippen LogP contribution is -1.85. The van der Waals surface area contributed by atoms with Gasteiger partial charge in [-0.25, -0.2) is 9.37 Å². The van der Waals surface area contributed by atoms with Crippen LogP contribution in [0.4, 0.5) is 10.1 Å². The van der Waals surface area contributed by atoms with E-state index in [0.29, 0.717) is 15.7 Å². The first-order valence-electron chi connectivity index (χ1n) is 6.48. The number of aromatic hydroxyl groups is 1. The Morgan fingerprint density at radius 3 is 2.70 bits per heavy atom. The van der Waals surface area contributed by atoms with Crippen LogP contribution in [0.3, 0.4) is 0 Å². The standard InChI is InChI=1S/C16H9Cl2FN2O2/c17-9-5-6-13(11(18)7-9)20-8-14-16(22)23-15(21-14)10-3-1-2-4-12(10)19/h1-8,22H. The first kappa shape index (κ1) is 15.5. The molecular weight excluding hydrogens is 342 g/mol. The van der Waals surface area contributed by atoms with Gasteiger partial charge in [-0.2, -0.15) is 0 Å². The molecule has 4 nitrogen and oxygen atoms in total. The fourth-order valence-electron chi connectivity index (χ4n) is 1.87. The van der Waals surface area contributed by atoms with E-state index in [0.717, 1.165) is 0 Å². The van der Waals surface area contributed by atoms with Gasteiger partial charge in [0.2, 0.25) is 5.89 Å². The van der Waals surface area contributed by atoms with Crippen LogP contribution < -0.4 is 0 Å². The summed E-state index contributed by atoms with van der Waals surface area (Å²) in [5, 5.41) is 10.6. The van der Waals surface area contributed by atoms with E-state index in [-0.39, 0.29) is 17.1 Å². The lowest BCUT2D eigenvalue weighted by molar-refractivity contribution is 0.336. The highest BCUT2D eigenvalue weighted by Crippen LogP contribution is 2.30. The molecule has 0 unspecified atom stereocenters. The number of hydrogen-bond acceptors (Lipinski definition) is 4. The third-order valence-corrected chi connectivity index (χ3v) is 3.51. The van der Waals surface area contributed by atoms with Gasteiger partial charge in [0, 0.05) is 5.02 Å². The van der Waals surface area contributed by atoms with Crippen LogP contribution >= 0.6 is 23.2 Å². The average Bonchev–Trinajstić information content (AvgIpc) is 2.88. The maximum Gasteiger partial charge on any atom is 0.312 e. The van der Waals surface area contributed by atoms with E-state index in [1.165, 1.54) is 18.3 Å². The lowest BCUT2D eigenvalue weighted by atomic mass is 10.2. The Kier molecular flexibility index (Phi) is 4.32. The number of oxazole rings is 1. The molecule has 0 saturated carbocycles. The van der Waals surface area contributed by atoms with Gasteiger partial charge < -0.3 is 9.52 Å². The third-order valence-electron chi connectivity index (χ3n) is 2.97. The summed E-state index contributed by atoms with van der Waals surface area (Å²) in [6.45, 7) is 0. The Balaban J connectivity index is 1.93. The van der Waals surface area contributed by atoms with Gasteiger partial charge in [-0.3, -0.25) is 4.99 Å². The molecule has 2 aromatic carbocycles. The lowest BCUT2D eigenvalue weighted by Gasteiger charge is -1.97. The zero-order chi connectivity index (χ0) is 16.4. The van der Waals surface area contributed by atoms with Crippen molar-refractivity contribution in [2.24, 2.45) is 4.99 Å².